The van der Waals surface area contributed by atoms with Crippen molar-refractivity contribution in [2.45, 2.75) is 52.1 Å². The van der Waals surface area contributed by atoms with Crippen LogP contribution in [0.25, 0.3) is 0 Å². The van der Waals surface area contributed by atoms with Gasteiger partial charge in [-0.1, -0.05) is 18.2 Å². The van der Waals surface area contributed by atoms with Crippen molar-refractivity contribution in [3.63, 3.8) is 0 Å². The summed E-state index contributed by atoms with van der Waals surface area (Å²) in [5.41, 5.74) is 7.15. The molecule has 6 heteroatoms. The van der Waals surface area contributed by atoms with Crippen LogP contribution in [0.1, 0.15) is 39.7 Å². The largest absolute Gasteiger partial charge is 0.399 e. The molecule has 1 unspecified atom stereocenters. The van der Waals surface area contributed by atoms with Crippen LogP contribution in [0.15, 0.2) is 24.3 Å². The van der Waals surface area contributed by atoms with E-state index in [2.05, 4.69) is 10.6 Å². The van der Waals surface area contributed by atoms with E-state index in [-0.39, 0.29) is 29.8 Å². The number of nitrogens with one attached hydrogen (secondary N) is 2. The first-order valence-electron chi connectivity index (χ1n) is 7.14. The highest BCUT2D eigenvalue weighted by Crippen LogP contribution is 2.12. The van der Waals surface area contributed by atoms with Crippen LogP contribution in [-0.4, -0.2) is 23.4 Å². The Kier molecular flexibility index (Phi) is 7.95. The first kappa shape index (κ1) is 20.2. The van der Waals surface area contributed by atoms with Gasteiger partial charge in [0, 0.05) is 17.6 Å². The first-order valence-corrected chi connectivity index (χ1v) is 7.14. The predicted octanol–water partition coefficient (Wildman–Crippen LogP) is 2.04. The van der Waals surface area contributed by atoms with Gasteiger partial charge in [-0.2, -0.15) is 0 Å². The number of benzene rings is 1. The van der Waals surface area contributed by atoms with Crippen molar-refractivity contribution in [3.8, 4) is 0 Å². The zero-order valence-electron chi connectivity index (χ0n) is 13.6. The number of para-hydroxylation sites is 1. The smallest absolute Gasteiger partial charge is 0.242 e. The molecule has 1 atom stereocenters. The number of aryl methyl sites for hydroxylation is 1. The molecule has 5 nitrogen and oxygen atoms in total. The first-order chi connectivity index (χ1) is 9.69. The number of hydrogen-bond acceptors (Lipinski definition) is 3. The molecule has 1 rings (SSSR count). The average Bonchev–Trinajstić information content (AvgIpc) is 2.35. The molecule has 1 aromatic carbocycles. The van der Waals surface area contributed by atoms with Crippen molar-refractivity contribution in [3.05, 3.63) is 29.8 Å². The molecule has 0 fully saturated rings. The summed E-state index contributed by atoms with van der Waals surface area (Å²) < 4.78 is 0. The number of carbonyl (C=O) groups excluding carboxylic acids is 2. The maximum Gasteiger partial charge on any atom is 0.242 e. The minimum Gasteiger partial charge on any atom is -0.399 e. The zero-order chi connectivity index (χ0) is 16.0. The van der Waals surface area contributed by atoms with Gasteiger partial charge in [-0.15, -0.1) is 12.4 Å². The summed E-state index contributed by atoms with van der Waals surface area (Å²) in [7, 11) is 0. The Labute approximate surface area is 138 Å². The van der Waals surface area contributed by atoms with Crippen molar-refractivity contribution in [1.82, 2.24) is 10.6 Å². The molecular formula is C16H26ClN3O2. The topological polar surface area (TPSA) is 84.2 Å². The fraction of sp³-hybridized carbons (Fsp3) is 0.500. The summed E-state index contributed by atoms with van der Waals surface area (Å²) in [5, 5.41) is 5.53. The van der Waals surface area contributed by atoms with Gasteiger partial charge in [0.25, 0.3) is 0 Å². The van der Waals surface area contributed by atoms with Gasteiger partial charge in [0.15, 0.2) is 0 Å². The van der Waals surface area contributed by atoms with Crippen LogP contribution in [-0.2, 0) is 16.0 Å². The quantitative estimate of drug-likeness (QED) is 0.724. The van der Waals surface area contributed by atoms with Crippen LogP contribution in [0.3, 0.4) is 0 Å². The van der Waals surface area contributed by atoms with Crippen molar-refractivity contribution < 1.29 is 9.59 Å². The fourth-order valence-corrected chi connectivity index (χ4v) is 1.87. The van der Waals surface area contributed by atoms with E-state index in [0.717, 1.165) is 5.56 Å². The Hall–Kier alpha value is -1.75. The minimum absolute atomic E-state index is 0. The van der Waals surface area contributed by atoms with Gasteiger partial charge in [-0.3, -0.25) is 9.59 Å². The Morgan fingerprint density at radius 3 is 2.36 bits per heavy atom. The van der Waals surface area contributed by atoms with E-state index in [4.69, 9.17) is 5.73 Å². The number of nitrogens with two attached hydrogens (primary N) is 1. The highest BCUT2D eigenvalue weighted by molar-refractivity contribution is 5.87. The van der Waals surface area contributed by atoms with Gasteiger partial charge in [0.1, 0.15) is 6.04 Å². The normalized spacial score (nSPS) is 12.0. The maximum atomic E-state index is 11.9. The molecule has 0 radical (unpaired) electrons. The molecule has 0 aromatic heterocycles. The monoisotopic (exact) mass is 327 g/mol. The zero-order valence-corrected chi connectivity index (χ0v) is 14.4. The third-order valence-corrected chi connectivity index (χ3v) is 2.95. The van der Waals surface area contributed by atoms with Crippen LogP contribution in [0.5, 0.6) is 0 Å². The van der Waals surface area contributed by atoms with Gasteiger partial charge < -0.3 is 16.4 Å². The number of halogens is 1. The Bertz CT molecular complexity index is 512. The summed E-state index contributed by atoms with van der Waals surface area (Å²) in [5.74, 6) is -0.343. The number of anilines is 1. The summed E-state index contributed by atoms with van der Waals surface area (Å²) in [6.45, 7) is 7.38. The summed E-state index contributed by atoms with van der Waals surface area (Å²) >= 11 is 0. The molecule has 0 spiro atoms. The third-order valence-electron chi connectivity index (χ3n) is 2.95. The molecule has 0 saturated heterocycles. The average molecular weight is 328 g/mol. The predicted molar refractivity (Wildman–Crippen MR) is 91.9 cm³/mol. The highest BCUT2D eigenvalue weighted by atomic mass is 35.5. The Morgan fingerprint density at radius 1 is 1.23 bits per heavy atom. The standard InChI is InChI=1S/C16H25N3O2.ClH/c1-11(15(21)19-16(2,3)4)18-14(20)10-9-12-7-5-6-8-13(12)17;/h5-8,11H,9-10,17H2,1-4H3,(H,18,20)(H,19,21);1H. The van der Waals surface area contributed by atoms with Crippen molar-refractivity contribution in [2.75, 3.05) is 5.73 Å². The second kappa shape index (κ2) is 8.63. The van der Waals surface area contributed by atoms with Crippen LogP contribution in [0, 0.1) is 0 Å². The van der Waals surface area contributed by atoms with Gasteiger partial charge in [0.2, 0.25) is 11.8 Å². The molecule has 2 amide bonds. The highest BCUT2D eigenvalue weighted by Gasteiger charge is 2.20. The number of amides is 2. The number of carbonyl (C=O) groups is 2. The second-order valence-corrected chi connectivity index (χ2v) is 6.23. The number of nitrogen functional groups attached to an aromatic ring is 1. The van der Waals surface area contributed by atoms with Crippen molar-refractivity contribution in [1.29, 1.82) is 0 Å². The molecule has 0 aliphatic rings. The van der Waals surface area contributed by atoms with E-state index >= 15 is 0 Å². The van der Waals surface area contributed by atoms with Crippen molar-refractivity contribution in [2.24, 2.45) is 0 Å². The number of rotatable bonds is 5. The molecule has 0 heterocycles. The molecular weight excluding hydrogens is 302 g/mol. The van der Waals surface area contributed by atoms with Crippen LogP contribution < -0.4 is 16.4 Å². The lowest BCUT2D eigenvalue weighted by molar-refractivity contribution is -0.129. The Morgan fingerprint density at radius 2 is 1.82 bits per heavy atom. The second-order valence-electron chi connectivity index (χ2n) is 6.23. The van der Waals surface area contributed by atoms with E-state index < -0.39 is 6.04 Å². The minimum atomic E-state index is -0.551. The molecule has 124 valence electrons. The van der Waals surface area contributed by atoms with Gasteiger partial charge in [0.05, 0.1) is 0 Å². The lowest BCUT2D eigenvalue weighted by Gasteiger charge is -2.23. The molecule has 0 bridgehead atoms. The van der Waals surface area contributed by atoms with Crippen LogP contribution >= 0.6 is 12.4 Å². The maximum absolute atomic E-state index is 11.9. The van der Waals surface area contributed by atoms with Gasteiger partial charge >= 0.3 is 0 Å². The van der Waals surface area contributed by atoms with E-state index in [1.54, 1.807) is 6.92 Å². The SMILES string of the molecule is CC(NC(=O)CCc1ccccc1N)C(=O)NC(C)(C)C.Cl. The third kappa shape index (κ3) is 7.31. The molecule has 1 aromatic rings. The molecule has 0 saturated carbocycles. The van der Waals surface area contributed by atoms with E-state index in [1.165, 1.54) is 0 Å². The molecule has 22 heavy (non-hydrogen) atoms. The Balaban J connectivity index is 0.00000441. The fourth-order valence-electron chi connectivity index (χ4n) is 1.87. The van der Waals surface area contributed by atoms with E-state index in [9.17, 15) is 9.59 Å². The molecule has 0 aliphatic heterocycles. The summed E-state index contributed by atoms with van der Waals surface area (Å²) in [4.78, 5) is 23.8. The molecule has 4 N–H and O–H groups in total. The van der Waals surface area contributed by atoms with E-state index in [1.807, 2.05) is 45.0 Å². The van der Waals surface area contributed by atoms with Crippen molar-refractivity contribution >= 4 is 29.9 Å². The molecule has 0 aliphatic carbocycles. The van der Waals surface area contributed by atoms with Gasteiger partial charge in [-0.05, 0) is 45.7 Å². The van der Waals surface area contributed by atoms with E-state index in [0.29, 0.717) is 18.5 Å². The van der Waals surface area contributed by atoms with Crippen LogP contribution in [0.4, 0.5) is 5.69 Å². The lowest BCUT2D eigenvalue weighted by Crippen LogP contribution is -2.50. The summed E-state index contributed by atoms with van der Waals surface area (Å²) in [6, 6.07) is 6.91. The van der Waals surface area contributed by atoms with Crippen LogP contribution in [0.2, 0.25) is 0 Å². The summed E-state index contributed by atoms with van der Waals surface area (Å²) in [6.07, 6.45) is 0.869. The number of hydrogen-bond donors (Lipinski definition) is 3. The lowest BCUT2D eigenvalue weighted by atomic mass is 10.1. The van der Waals surface area contributed by atoms with Gasteiger partial charge in [-0.25, -0.2) is 0 Å².